The van der Waals surface area contributed by atoms with Gasteiger partial charge in [-0.05, 0) is 62.6 Å². The van der Waals surface area contributed by atoms with Crippen molar-refractivity contribution in [2.45, 2.75) is 51.5 Å². The highest BCUT2D eigenvalue weighted by molar-refractivity contribution is 7.89. The molecular formula is C22H29N3O4S. The van der Waals surface area contributed by atoms with Gasteiger partial charge in [0.15, 0.2) is 0 Å². The third kappa shape index (κ3) is 7.27. The normalized spacial score (nSPS) is 11.4. The molecule has 0 bridgehead atoms. The Bertz CT molecular complexity index is 1000. The van der Waals surface area contributed by atoms with Gasteiger partial charge in [0.05, 0.1) is 11.3 Å². The highest BCUT2D eigenvalue weighted by atomic mass is 32.2. The molecule has 0 aliphatic heterocycles. The molecule has 162 valence electrons. The summed E-state index contributed by atoms with van der Waals surface area (Å²) in [5.41, 5.74) is 2.93. The number of hydrogen-bond acceptors (Lipinski definition) is 4. The number of carbonyl (C=O) groups is 2. The van der Waals surface area contributed by atoms with E-state index in [1.165, 1.54) is 0 Å². The van der Waals surface area contributed by atoms with E-state index in [0.717, 1.165) is 11.1 Å². The van der Waals surface area contributed by atoms with E-state index < -0.39 is 10.0 Å². The Morgan fingerprint density at radius 2 is 1.63 bits per heavy atom. The molecule has 8 heteroatoms. The van der Waals surface area contributed by atoms with E-state index >= 15 is 0 Å². The minimum absolute atomic E-state index is 0.00262. The lowest BCUT2D eigenvalue weighted by Gasteiger charge is -2.11. The van der Waals surface area contributed by atoms with Crippen molar-refractivity contribution in [2.24, 2.45) is 0 Å². The van der Waals surface area contributed by atoms with Crippen molar-refractivity contribution in [3.8, 4) is 0 Å². The summed E-state index contributed by atoms with van der Waals surface area (Å²) in [5, 5.41) is 5.55. The van der Waals surface area contributed by atoms with Crippen LogP contribution >= 0.6 is 0 Å². The molecule has 2 rings (SSSR count). The molecule has 0 heterocycles. The molecule has 30 heavy (non-hydrogen) atoms. The monoisotopic (exact) mass is 431 g/mol. The van der Waals surface area contributed by atoms with Crippen molar-refractivity contribution in [1.29, 1.82) is 0 Å². The summed E-state index contributed by atoms with van der Waals surface area (Å²) in [5.74, 6) is -0.359. The zero-order valence-corrected chi connectivity index (χ0v) is 18.6. The fourth-order valence-electron chi connectivity index (χ4n) is 2.86. The summed E-state index contributed by atoms with van der Waals surface area (Å²) < 4.78 is 27.4. The van der Waals surface area contributed by atoms with Crippen LogP contribution in [0.3, 0.4) is 0 Å². The van der Waals surface area contributed by atoms with Crippen LogP contribution in [0.2, 0.25) is 0 Å². The lowest BCUT2D eigenvalue weighted by atomic mass is 10.1. The average molecular weight is 432 g/mol. The highest BCUT2D eigenvalue weighted by Gasteiger charge is 2.17. The maximum absolute atomic E-state index is 12.5. The number of aryl methyl sites for hydroxylation is 2. The molecule has 0 spiro atoms. The van der Waals surface area contributed by atoms with Crippen molar-refractivity contribution in [3.63, 3.8) is 0 Å². The third-order valence-electron chi connectivity index (χ3n) is 4.33. The van der Waals surface area contributed by atoms with Crippen LogP contribution in [0.4, 0.5) is 5.69 Å². The van der Waals surface area contributed by atoms with E-state index in [1.54, 1.807) is 43.3 Å². The molecule has 3 N–H and O–H groups in total. The Morgan fingerprint density at radius 1 is 0.967 bits per heavy atom. The fourth-order valence-corrected chi connectivity index (χ4v) is 4.22. The maximum Gasteiger partial charge on any atom is 0.240 e. The molecule has 0 saturated heterocycles. The number of sulfonamides is 1. The summed E-state index contributed by atoms with van der Waals surface area (Å²) in [6.45, 7) is 7.36. The second-order valence-corrected chi connectivity index (χ2v) is 9.30. The van der Waals surface area contributed by atoms with Crippen molar-refractivity contribution in [2.75, 3.05) is 11.9 Å². The first-order valence-electron chi connectivity index (χ1n) is 9.82. The minimum atomic E-state index is -3.68. The molecule has 2 aromatic carbocycles. The van der Waals surface area contributed by atoms with Gasteiger partial charge < -0.3 is 10.6 Å². The summed E-state index contributed by atoms with van der Waals surface area (Å²) in [6, 6.07) is 12.3. The van der Waals surface area contributed by atoms with Crippen molar-refractivity contribution >= 4 is 27.5 Å². The van der Waals surface area contributed by atoms with E-state index in [-0.39, 0.29) is 42.1 Å². The Morgan fingerprint density at radius 3 is 2.27 bits per heavy atom. The lowest BCUT2D eigenvalue weighted by molar-refractivity contribution is -0.121. The molecule has 0 aliphatic rings. The van der Waals surface area contributed by atoms with E-state index in [1.807, 2.05) is 26.8 Å². The number of carbonyl (C=O) groups excluding carboxylic acids is 2. The summed E-state index contributed by atoms with van der Waals surface area (Å²) >= 11 is 0. The van der Waals surface area contributed by atoms with Gasteiger partial charge in [-0.2, -0.15) is 0 Å². The molecule has 0 saturated carbocycles. The topological polar surface area (TPSA) is 104 Å². The Labute approximate surface area is 178 Å². The van der Waals surface area contributed by atoms with Crippen molar-refractivity contribution in [3.05, 3.63) is 59.2 Å². The number of benzene rings is 2. The SMILES string of the molecule is Cc1ccc(C)c(S(=O)(=O)NCCC(=O)Nc2ccc(CC(=O)NC(C)C)cc2)c1. The Balaban J connectivity index is 1.84. The zero-order valence-electron chi connectivity index (χ0n) is 17.8. The van der Waals surface area contributed by atoms with E-state index in [0.29, 0.717) is 11.3 Å². The molecule has 0 aliphatic carbocycles. The summed E-state index contributed by atoms with van der Waals surface area (Å²) in [4.78, 5) is 24.1. The summed E-state index contributed by atoms with van der Waals surface area (Å²) in [7, 11) is -3.68. The first kappa shape index (κ1) is 23.6. The number of hydrogen-bond donors (Lipinski definition) is 3. The molecule has 0 fully saturated rings. The molecule has 2 amide bonds. The van der Waals surface area contributed by atoms with Crippen LogP contribution in [-0.2, 0) is 26.0 Å². The molecule has 0 radical (unpaired) electrons. The van der Waals surface area contributed by atoms with Gasteiger partial charge in [0.2, 0.25) is 21.8 Å². The van der Waals surface area contributed by atoms with Gasteiger partial charge in [-0.3, -0.25) is 9.59 Å². The largest absolute Gasteiger partial charge is 0.354 e. The van der Waals surface area contributed by atoms with Gasteiger partial charge in [-0.1, -0.05) is 24.3 Å². The smallest absolute Gasteiger partial charge is 0.240 e. The van der Waals surface area contributed by atoms with Gasteiger partial charge >= 0.3 is 0 Å². The molecule has 0 atom stereocenters. The quantitative estimate of drug-likeness (QED) is 0.568. The first-order valence-corrected chi connectivity index (χ1v) is 11.3. The second-order valence-electron chi connectivity index (χ2n) is 7.56. The Kier molecular flexibility index (Phi) is 8.14. The van der Waals surface area contributed by atoms with E-state index in [9.17, 15) is 18.0 Å². The van der Waals surface area contributed by atoms with Gasteiger partial charge in [0, 0.05) is 24.7 Å². The number of nitrogens with one attached hydrogen (secondary N) is 3. The van der Waals surface area contributed by atoms with Crippen LogP contribution < -0.4 is 15.4 Å². The Hall–Kier alpha value is -2.71. The standard InChI is InChI=1S/C22H29N3O4S/c1-15(2)24-22(27)14-18-7-9-19(10-8-18)25-21(26)11-12-23-30(28,29)20-13-16(3)5-6-17(20)4/h5-10,13,15,23H,11-12,14H2,1-4H3,(H,24,27)(H,25,26). The van der Waals surface area contributed by atoms with Crippen LogP contribution in [0.5, 0.6) is 0 Å². The molecule has 7 nitrogen and oxygen atoms in total. The number of amides is 2. The summed E-state index contributed by atoms with van der Waals surface area (Å²) in [6.07, 6.45) is 0.273. The van der Waals surface area contributed by atoms with Gasteiger partial charge in [-0.15, -0.1) is 0 Å². The van der Waals surface area contributed by atoms with Crippen molar-refractivity contribution in [1.82, 2.24) is 10.0 Å². The van der Waals surface area contributed by atoms with Gasteiger partial charge in [-0.25, -0.2) is 13.1 Å². The molecule has 0 aromatic heterocycles. The van der Waals surface area contributed by atoms with Crippen molar-refractivity contribution < 1.29 is 18.0 Å². The minimum Gasteiger partial charge on any atom is -0.354 e. The molecular weight excluding hydrogens is 402 g/mol. The van der Waals surface area contributed by atoms with Crippen LogP contribution in [-0.4, -0.2) is 32.8 Å². The van der Waals surface area contributed by atoms with Crippen LogP contribution in [0.25, 0.3) is 0 Å². The molecule has 0 unspecified atom stereocenters. The molecule has 2 aromatic rings. The third-order valence-corrected chi connectivity index (χ3v) is 5.93. The predicted octanol–water partition coefficient (Wildman–Crippen LogP) is 2.68. The van der Waals surface area contributed by atoms with E-state index in [4.69, 9.17) is 0 Å². The average Bonchev–Trinajstić information content (AvgIpc) is 2.64. The number of anilines is 1. The van der Waals surface area contributed by atoms with Crippen LogP contribution in [0.15, 0.2) is 47.4 Å². The first-order chi connectivity index (χ1) is 14.1. The number of rotatable bonds is 9. The fraction of sp³-hybridized carbons (Fsp3) is 0.364. The van der Waals surface area contributed by atoms with Gasteiger partial charge in [0.25, 0.3) is 0 Å². The van der Waals surface area contributed by atoms with Crippen LogP contribution in [0, 0.1) is 13.8 Å². The second kappa shape index (κ2) is 10.4. The zero-order chi connectivity index (χ0) is 22.3. The van der Waals surface area contributed by atoms with Crippen LogP contribution in [0.1, 0.15) is 37.0 Å². The lowest BCUT2D eigenvalue weighted by Crippen LogP contribution is -2.31. The maximum atomic E-state index is 12.5. The highest BCUT2D eigenvalue weighted by Crippen LogP contribution is 2.16. The predicted molar refractivity (Wildman–Crippen MR) is 118 cm³/mol. The van der Waals surface area contributed by atoms with Gasteiger partial charge in [0.1, 0.15) is 0 Å². The van der Waals surface area contributed by atoms with E-state index in [2.05, 4.69) is 15.4 Å².